The molecule has 1 aliphatic heterocycles. The molecule has 1 rings (SSSR count). The Morgan fingerprint density at radius 3 is 2.82 bits per heavy atom. The average Bonchev–Trinajstić information content (AvgIpc) is 2.72. The van der Waals surface area contributed by atoms with Gasteiger partial charge in [0.05, 0.1) is 18.8 Å². The summed E-state index contributed by atoms with van der Waals surface area (Å²) < 4.78 is 5.03. The summed E-state index contributed by atoms with van der Waals surface area (Å²) in [4.78, 5) is 0. The van der Waals surface area contributed by atoms with Gasteiger partial charge < -0.3 is 9.84 Å². The summed E-state index contributed by atoms with van der Waals surface area (Å²) in [5, 5.41) is 9.41. The van der Waals surface area contributed by atoms with Crippen molar-refractivity contribution in [3.05, 3.63) is 0 Å². The van der Waals surface area contributed by atoms with Crippen molar-refractivity contribution in [3.63, 3.8) is 0 Å². The maximum absolute atomic E-state index is 9.41. The first-order valence-corrected chi connectivity index (χ1v) is 4.62. The van der Waals surface area contributed by atoms with Crippen LogP contribution < -0.4 is 0 Å². The lowest BCUT2D eigenvalue weighted by molar-refractivity contribution is 0.139. The molecule has 0 aliphatic carbocycles. The van der Waals surface area contributed by atoms with Gasteiger partial charge in [-0.15, -0.1) is 0 Å². The summed E-state index contributed by atoms with van der Waals surface area (Å²) in [6, 6.07) is 0. The standard InChI is InChI=1S/C9H18O2/c1-2-3-4-5-8(10)6-9-7-11-9/h8-10H,2-7H2,1H3/t8-,9-/m0/s1. The van der Waals surface area contributed by atoms with Crippen LogP contribution in [0.1, 0.15) is 39.0 Å². The molecular weight excluding hydrogens is 140 g/mol. The Balaban J connectivity index is 1.87. The molecule has 66 valence electrons. The van der Waals surface area contributed by atoms with Crippen molar-refractivity contribution in [2.75, 3.05) is 6.61 Å². The Kier molecular flexibility index (Phi) is 3.87. The van der Waals surface area contributed by atoms with E-state index in [1.165, 1.54) is 12.8 Å². The van der Waals surface area contributed by atoms with E-state index in [9.17, 15) is 5.11 Å². The summed E-state index contributed by atoms with van der Waals surface area (Å²) in [5.41, 5.74) is 0. The van der Waals surface area contributed by atoms with Crippen LogP contribution in [0.2, 0.25) is 0 Å². The monoisotopic (exact) mass is 158 g/mol. The fourth-order valence-corrected chi connectivity index (χ4v) is 1.26. The zero-order valence-electron chi connectivity index (χ0n) is 7.25. The molecule has 0 radical (unpaired) electrons. The number of aliphatic hydroxyl groups is 1. The second kappa shape index (κ2) is 4.73. The maximum atomic E-state index is 9.41. The van der Waals surface area contributed by atoms with Gasteiger partial charge in [-0.05, 0) is 6.42 Å². The van der Waals surface area contributed by atoms with E-state index < -0.39 is 0 Å². The third-order valence-corrected chi connectivity index (χ3v) is 2.08. The molecule has 0 bridgehead atoms. The van der Waals surface area contributed by atoms with Crippen molar-refractivity contribution >= 4 is 0 Å². The second-order valence-electron chi connectivity index (χ2n) is 3.34. The smallest absolute Gasteiger partial charge is 0.0834 e. The minimum atomic E-state index is -0.117. The number of epoxide rings is 1. The van der Waals surface area contributed by atoms with Crippen molar-refractivity contribution in [1.29, 1.82) is 0 Å². The number of aliphatic hydroxyl groups excluding tert-OH is 1. The Labute approximate surface area is 68.6 Å². The molecule has 1 N–H and O–H groups in total. The summed E-state index contributed by atoms with van der Waals surface area (Å²) >= 11 is 0. The summed E-state index contributed by atoms with van der Waals surface area (Å²) in [6.07, 6.45) is 5.69. The summed E-state index contributed by atoms with van der Waals surface area (Å²) in [7, 11) is 0. The molecule has 2 atom stereocenters. The third kappa shape index (κ3) is 4.38. The van der Waals surface area contributed by atoms with Crippen molar-refractivity contribution in [2.24, 2.45) is 0 Å². The topological polar surface area (TPSA) is 32.8 Å². The zero-order valence-corrected chi connectivity index (χ0v) is 7.25. The van der Waals surface area contributed by atoms with Crippen LogP contribution in [0.4, 0.5) is 0 Å². The normalized spacial score (nSPS) is 25.1. The number of rotatable bonds is 6. The Hall–Kier alpha value is -0.0800. The molecule has 1 saturated heterocycles. The van der Waals surface area contributed by atoms with Gasteiger partial charge >= 0.3 is 0 Å². The van der Waals surface area contributed by atoms with E-state index in [2.05, 4.69) is 6.92 Å². The van der Waals surface area contributed by atoms with Crippen LogP contribution in [0.5, 0.6) is 0 Å². The lowest BCUT2D eigenvalue weighted by atomic mass is 10.1. The van der Waals surface area contributed by atoms with Crippen LogP contribution in [0.3, 0.4) is 0 Å². The van der Waals surface area contributed by atoms with Gasteiger partial charge in [0, 0.05) is 6.42 Å². The third-order valence-electron chi connectivity index (χ3n) is 2.08. The van der Waals surface area contributed by atoms with E-state index in [-0.39, 0.29) is 6.10 Å². The van der Waals surface area contributed by atoms with Crippen molar-refractivity contribution in [3.8, 4) is 0 Å². The van der Waals surface area contributed by atoms with Gasteiger partial charge in [0.1, 0.15) is 0 Å². The highest BCUT2D eigenvalue weighted by Gasteiger charge is 2.25. The first-order valence-electron chi connectivity index (χ1n) is 4.62. The minimum absolute atomic E-state index is 0.117. The fraction of sp³-hybridized carbons (Fsp3) is 1.00. The second-order valence-corrected chi connectivity index (χ2v) is 3.34. The predicted octanol–water partition coefficient (Wildman–Crippen LogP) is 1.72. The van der Waals surface area contributed by atoms with E-state index >= 15 is 0 Å². The molecule has 1 fully saturated rings. The highest BCUT2D eigenvalue weighted by Crippen LogP contribution is 2.18. The van der Waals surface area contributed by atoms with Crippen LogP contribution in [0.25, 0.3) is 0 Å². The SMILES string of the molecule is CCCCC[C@H](O)C[C@H]1CO1. The van der Waals surface area contributed by atoms with E-state index in [0.29, 0.717) is 6.10 Å². The largest absolute Gasteiger partial charge is 0.393 e. The molecule has 2 nitrogen and oxygen atoms in total. The van der Waals surface area contributed by atoms with Crippen molar-refractivity contribution in [1.82, 2.24) is 0 Å². The molecule has 2 heteroatoms. The minimum Gasteiger partial charge on any atom is -0.393 e. The molecule has 0 saturated carbocycles. The lowest BCUT2D eigenvalue weighted by Crippen LogP contribution is -2.09. The highest BCUT2D eigenvalue weighted by molar-refractivity contribution is 4.73. The molecule has 1 heterocycles. The quantitative estimate of drug-likeness (QED) is 0.471. The highest BCUT2D eigenvalue weighted by atomic mass is 16.6. The van der Waals surface area contributed by atoms with Gasteiger partial charge in [-0.25, -0.2) is 0 Å². The number of ether oxygens (including phenoxy) is 1. The first kappa shape index (κ1) is 9.01. The van der Waals surface area contributed by atoms with Crippen LogP contribution >= 0.6 is 0 Å². The summed E-state index contributed by atoms with van der Waals surface area (Å²) in [5.74, 6) is 0. The molecule has 0 unspecified atom stereocenters. The molecule has 0 spiro atoms. The summed E-state index contributed by atoms with van der Waals surface area (Å²) in [6.45, 7) is 3.04. The van der Waals surface area contributed by atoms with Crippen LogP contribution in [-0.2, 0) is 4.74 Å². The lowest BCUT2D eigenvalue weighted by Gasteiger charge is -2.06. The molecule has 0 aromatic heterocycles. The van der Waals surface area contributed by atoms with E-state index in [1.807, 2.05) is 0 Å². The molecule has 1 aliphatic rings. The Morgan fingerprint density at radius 1 is 1.55 bits per heavy atom. The van der Waals surface area contributed by atoms with E-state index in [4.69, 9.17) is 4.74 Å². The van der Waals surface area contributed by atoms with Gasteiger partial charge in [-0.1, -0.05) is 26.2 Å². The molecule has 11 heavy (non-hydrogen) atoms. The number of hydrogen-bond donors (Lipinski definition) is 1. The van der Waals surface area contributed by atoms with Crippen LogP contribution in [0, 0.1) is 0 Å². The Morgan fingerprint density at radius 2 is 2.27 bits per heavy atom. The molecule has 0 aromatic rings. The van der Waals surface area contributed by atoms with Crippen molar-refractivity contribution in [2.45, 2.75) is 51.2 Å². The first-order chi connectivity index (χ1) is 5.33. The molecule has 0 aromatic carbocycles. The number of hydrogen-bond acceptors (Lipinski definition) is 2. The van der Waals surface area contributed by atoms with E-state index in [1.54, 1.807) is 0 Å². The predicted molar refractivity (Wildman–Crippen MR) is 44.5 cm³/mol. The van der Waals surface area contributed by atoms with Gasteiger partial charge in [0.25, 0.3) is 0 Å². The molecule has 0 amide bonds. The average molecular weight is 158 g/mol. The maximum Gasteiger partial charge on any atom is 0.0834 e. The van der Waals surface area contributed by atoms with Gasteiger partial charge in [0.15, 0.2) is 0 Å². The van der Waals surface area contributed by atoms with Crippen molar-refractivity contribution < 1.29 is 9.84 Å². The van der Waals surface area contributed by atoms with Crippen LogP contribution in [-0.4, -0.2) is 23.9 Å². The fourth-order valence-electron chi connectivity index (χ4n) is 1.26. The van der Waals surface area contributed by atoms with E-state index in [0.717, 1.165) is 25.9 Å². The number of unbranched alkanes of at least 4 members (excludes halogenated alkanes) is 2. The van der Waals surface area contributed by atoms with Gasteiger partial charge in [-0.3, -0.25) is 0 Å². The van der Waals surface area contributed by atoms with Crippen LogP contribution in [0.15, 0.2) is 0 Å². The zero-order chi connectivity index (χ0) is 8.10. The van der Waals surface area contributed by atoms with Gasteiger partial charge in [-0.2, -0.15) is 0 Å². The molecular formula is C9H18O2. The van der Waals surface area contributed by atoms with Gasteiger partial charge in [0.2, 0.25) is 0 Å². The Bertz CT molecular complexity index is 99.7.